The summed E-state index contributed by atoms with van der Waals surface area (Å²) in [5.74, 6) is 2.31. The second kappa shape index (κ2) is 7.38. The molecule has 3 atom stereocenters. The van der Waals surface area contributed by atoms with Crippen molar-refractivity contribution in [1.82, 2.24) is 4.90 Å². The first kappa shape index (κ1) is 15.0. The van der Waals surface area contributed by atoms with Crippen LogP contribution >= 0.6 is 0 Å². The number of nitrogens with two attached hydrogens (primary N) is 1. The Kier molecular flexibility index (Phi) is 6.50. The van der Waals surface area contributed by atoms with Gasteiger partial charge in [0.2, 0.25) is 0 Å². The molecule has 0 saturated heterocycles. The summed E-state index contributed by atoms with van der Waals surface area (Å²) >= 11 is 0. The highest BCUT2D eigenvalue weighted by Gasteiger charge is 2.26. The topological polar surface area (TPSA) is 29.3 Å². The van der Waals surface area contributed by atoms with Crippen molar-refractivity contribution < 1.29 is 0 Å². The van der Waals surface area contributed by atoms with Crippen LogP contribution in [0.4, 0.5) is 0 Å². The van der Waals surface area contributed by atoms with Crippen molar-refractivity contribution in [2.75, 3.05) is 20.1 Å². The Hall–Kier alpha value is -0.0800. The van der Waals surface area contributed by atoms with Gasteiger partial charge in [0.1, 0.15) is 0 Å². The lowest BCUT2D eigenvalue weighted by atomic mass is 9.84. The van der Waals surface area contributed by atoms with Crippen LogP contribution < -0.4 is 5.73 Å². The zero-order valence-electron chi connectivity index (χ0n) is 12.3. The van der Waals surface area contributed by atoms with E-state index in [4.69, 9.17) is 5.73 Å². The van der Waals surface area contributed by atoms with E-state index in [0.29, 0.717) is 5.92 Å². The lowest BCUT2D eigenvalue weighted by molar-refractivity contribution is 0.118. The third-order valence-corrected chi connectivity index (χ3v) is 4.32. The second-order valence-corrected chi connectivity index (χ2v) is 6.50. The van der Waals surface area contributed by atoms with E-state index in [1.54, 1.807) is 0 Å². The quantitative estimate of drug-likeness (QED) is 0.773. The molecule has 1 aliphatic carbocycles. The van der Waals surface area contributed by atoms with Gasteiger partial charge in [-0.25, -0.2) is 0 Å². The second-order valence-electron chi connectivity index (χ2n) is 6.50. The summed E-state index contributed by atoms with van der Waals surface area (Å²) < 4.78 is 0. The van der Waals surface area contributed by atoms with Gasteiger partial charge in [-0.15, -0.1) is 0 Å². The van der Waals surface area contributed by atoms with E-state index >= 15 is 0 Å². The summed E-state index contributed by atoms with van der Waals surface area (Å²) in [5, 5.41) is 0. The van der Waals surface area contributed by atoms with Crippen molar-refractivity contribution >= 4 is 0 Å². The molecule has 0 radical (unpaired) electrons. The highest BCUT2D eigenvalue weighted by atomic mass is 15.1. The molecule has 1 saturated carbocycles. The smallest absolute Gasteiger partial charge is 0.0118 e. The van der Waals surface area contributed by atoms with Crippen LogP contribution in [0, 0.1) is 17.8 Å². The van der Waals surface area contributed by atoms with Gasteiger partial charge < -0.3 is 10.6 Å². The van der Waals surface area contributed by atoms with E-state index in [1.165, 1.54) is 38.6 Å². The Morgan fingerprint density at radius 2 is 1.88 bits per heavy atom. The SMILES string of the molecule is CC(C)CC(CN)CN(C)C1CCCCC1C. The highest BCUT2D eigenvalue weighted by molar-refractivity contribution is 4.81. The maximum Gasteiger partial charge on any atom is 0.0118 e. The summed E-state index contributed by atoms with van der Waals surface area (Å²) in [5.41, 5.74) is 5.91. The fourth-order valence-electron chi connectivity index (χ4n) is 3.41. The van der Waals surface area contributed by atoms with Gasteiger partial charge in [-0.05, 0) is 50.6 Å². The zero-order chi connectivity index (χ0) is 12.8. The lowest BCUT2D eigenvalue weighted by Crippen LogP contribution is -2.42. The van der Waals surface area contributed by atoms with Crippen molar-refractivity contribution in [2.24, 2.45) is 23.5 Å². The van der Waals surface area contributed by atoms with Crippen molar-refractivity contribution in [1.29, 1.82) is 0 Å². The molecule has 0 aromatic carbocycles. The van der Waals surface area contributed by atoms with Crippen LogP contribution in [0.5, 0.6) is 0 Å². The van der Waals surface area contributed by atoms with E-state index in [9.17, 15) is 0 Å². The number of hydrogen-bond donors (Lipinski definition) is 1. The standard InChI is InChI=1S/C15H32N2/c1-12(2)9-14(10-16)11-17(4)15-8-6-5-7-13(15)3/h12-15H,5-11,16H2,1-4H3. The molecular weight excluding hydrogens is 208 g/mol. The number of rotatable bonds is 6. The minimum Gasteiger partial charge on any atom is -0.330 e. The van der Waals surface area contributed by atoms with Crippen LogP contribution in [0.15, 0.2) is 0 Å². The molecule has 0 heterocycles. The van der Waals surface area contributed by atoms with Gasteiger partial charge in [0, 0.05) is 12.6 Å². The van der Waals surface area contributed by atoms with Crippen LogP contribution in [-0.2, 0) is 0 Å². The molecule has 0 spiro atoms. The molecule has 2 heteroatoms. The van der Waals surface area contributed by atoms with Crippen LogP contribution in [0.2, 0.25) is 0 Å². The molecule has 2 N–H and O–H groups in total. The molecule has 0 aromatic heterocycles. The fourth-order valence-corrected chi connectivity index (χ4v) is 3.41. The summed E-state index contributed by atoms with van der Waals surface area (Å²) in [6.07, 6.45) is 6.90. The molecular formula is C15H32N2. The molecule has 1 fully saturated rings. The predicted octanol–water partition coefficient (Wildman–Crippen LogP) is 3.12. The van der Waals surface area contributed by atoms with Gasteiger partial charge >= 0.3 is 0 Å². The van der Waals surface area contributed by atoms with E-state index in [2.05, 4.69) is 32.7 Å². The molecule has 102 valence electrons. The van der Waals surface area contributed by atoms with E-state index in [0.717, 1.165) is 24.4 Å². The third kappa shape index (κ3) is 4.97. The van der Waals surface area contributed by atoms with E-state index in [1.807, 2.05) is 0 Å². The summed E-state index contributed by atoms with van der Waals surface area (Å²) in [4.78, 5) is 2.59. The van der Waals surface area contributed by atoms with Crippen molar-refractivity contribution in [3.8, 4) is 0 Å². The zero-order valence-corrected chi connectivity index (χ0v) is 12.3. The molecule has 0 aromatic rings. The molecule has 17 heavy (non-hydrogen) atoms. The van der Waals surface area contributed by atoms with Gasteiger partial charge in [0.05, 0.1) is 0 Å². The molecule has 2 nitrogen and oxygen atoms in total. The van der Waals surface area contributed by atoms with Crippen molar-refractivity contribution in [3.63, 3.8) is 0 Å². The Morgan fingerprint density at radius 1 is 1.24 bits per heavy atom. The van der Waals surface area contributed by atoms with Crippen LogP contribution in [0.3, 0.4) is 0 Å². The van der Waals surface area contributed by atoms with E-state index in [-0.39, 0.29) is 0 Å². The normalized spacial score (nSPS) is 27.7. The summed E-state index contributed by atoms with van der Waals surface area (Å²) in [6.45, 7) is 9.03. The third-order valence-electron chi connectivity index (χ3n) is 4.32. The minimum absolute atomic E-state index is 0.675. The molecule has 0 bridgehead atoms. The molecule has 3 unspecified atom stereocenters. The molecule has 1 aliphatic rings. The molecule has 0 aliphatic heterocycles. The minimum atomic E-state index is 0.675. The monoisotopic (exact) mass is 240 g/mol. The van der Waals surface area contributed by atoms with Gasteiger partial charge in [0.25, 0.3) is 0 Å². The average Bonchev–Trinajstić information content (AvgIpc) is 2.27. The largest absolute Gasteiger partial charge is 0.330 e. The average molecular weight is 240 g/mol. The highest BCUT2D eigenvalue weighted by Crippen LogP contribution is 2.28. The van der Waals surface area contributed by atoms with Gasteiger partial charge in [-0.3, -0.25) is 0 Å². The predicted molar refractivity (Wildman–Crippen MR) is 76.0 cm³/mol. The number of nitrogens with zero attached hydrogens (tertiary/aromatic N) is 1. The van der Waals surface area contributed by atoms with Crippen molar-refractivity contribution in [2.45, 2.75) is 58.9 Å². The van der Waals surface area contributed by atoms with Gasteiger partial charge in [0.15, 0.2) is 0 Å². The lowest BCUT2D eigenvalue weighted by Gasteiger charge is -2.38. The van der Waals surface area contributed by atoms with Gasteiger partial charge in [-0.2, -0.15) is 0 Å². The van der Waals surface area contributed by atoms with Crippen LogP contribution in [0.1, 0.15) is 52.9 Å². The number of hydrogen-bond acceptors (Lipinski definition) is 2. The maximum absolute atomic E-state index is 5.91. The molecule has 1 rings (SSSR count). The first-order valence-corrected chi connectivity index (χ1v) is 7.44. The van der Waals surface area contributed by atoms with Crippen LogP contribution in [0.25, 0.3) is 0 Å². The first-order valence-electron chi connectivity index (χ1n) is 7.44. The Bertz CT molecular complexity index is 203. The van der Waals surface area contributed by atoms with Crippen molar-refractivity contribution in [3.05, 3.63) is 0 Å². The maximum atomic E-state index is 5.91. The Balaban J connectivity index is 2.42. The summed E-state index contributed by atoms with van der Waals surface area (Å²) in [6, 6.07) is 0.796. The Labute approximate surface area is 108 Å². The Morgan fingerprint density at radius 3 is 2.41 bits per heavy atom. The van der Waals surface area contributed by atoms with E-state index < -0.39 is 0 Å². The van der Waals surface area contributed by atoms with Gasteiger partial charge in [-0.1, -0.05) is 33.6 Å². The summed E-state index contributed by atoms with van der Waals surface area (Å²) in [7, 11) is 2.30. The fraction of sp³-hybridized carbons (Fsp3) is 1.00. The van der Waals surface area contributed by atoms with Crippen LogP contribution in [-0.4, -0.2) is 31.1 Å². The molecule has 0 amide bonds. The first-order chi connectivity index (χ1) is 8.04.